The molecule has 0 bridgehead atoms. The minimum absolute atomic E-state index is 0.414. The van der Waals surface area contributed by atoms with Crippen LogP contribution in [0.25, 0.3) is 0 Å². The van der Waals surface area contributed by atoms with Crippen LogP contribution in [0, 0.1) is 0 Å². The van der Waals surface area contributed by atoms with Gasteiger partial charge in [-0.2, -0.15) is 0 Å². The van der Waals surface area contributed by atoms with Crippen molar-refractivity contribution in [3.63, 3.8) is 0 Å². The van der Waals surface area contributed by atoms with Crippen molar-refractivity contribution in [2.45, 2.75) is 26.5 Å². The van der Waals surface area contributed by atoms with Crippen LogP contribution >= 0.6 is 11.6 Å². The molecule has 0 atom stereocenters. The molecule has 0 heterocycles. The fourth-order valence-corrected chi connectivity index (χ4v) is 2.83. The van der Waals surface area contributed by atoms with Gasteiger partial charge in [0.05, 0.1) is 6.61 Å². The summed E-state index contributed by atoms with van der Waals surface area (Å²) in [7, 11) is 4.18. The fraction of sp³-hybridized carbons (Fsp3) is 0.429. The van der Waals surface area contributed by atoms with E-state index in [1.54, 1.807) is 0 Å². The second kappa shape index (κ2) is 11.1. The van der Waals surface area contributed by atoms with Crippen LogP contribution in [-0.4, -0.2) is 38.7 Å². The van der Waals surface area contributed by atoms with Crippen molar-refractivity contribution in [3.05, 3.63) is 58.6 Å². The molecule has 0 radical (unpaired) electrons. The third kappa shape index (κ3) is 6.52. The van der Waals surface area contributed by atoms with Crippen LogP contribution in [0.15, 0.2) is 42.5 Å². The molecule has 4 nitrogen and oxygen atoms in total. The van der Waals surface area contributed by atoms with Crippen molar-refractivity contribution in [1.82, 2.24) is 10.2 Å². The van der Waals surface area contributed by atoms with E-state index >= 15 is 0 Å². The van der Waals surface area contributed by atoms with Gasteiger partial charge in [-0.1, -0.05) is 41.9 Å². The van der Waals surface area contributed by atoms with Gasteiger partial charge in [-0.25, -0.2) is 0 Å². The largest absolute Gasteiger partial charge is 0.490 e. The molecule has 2 aromatic rings. The van der Waals surface area contributed by atoms with E-state index in [1.807, 2.05) is 43.3 Å². The number of hydrogen-bond acceptors (Lipinski definition) is 4. The van der Waals surface area contributed by atoms with Crippen molar-refractivity contribution >= 4 is 11.6 Å². The summed E-state index contributed by atoms with van der Waals surface area (Å²) in [5.41, 5.74) is 2.05. The number of para-hydroxylation sites is 1. The molecule has 5 heteroatoms. The molecule has 0 aliphatic carbocycles. The van der Waals surface area contributed by atoms with Gasteiger partial charge in [0.15, 0.2) is 11.5 Å². The Morgan fingerprint density at radius 2 is 1.77 bits per heavy atom. The maximum absolute atomic E-state index is 6.25. The van der Waals surface area contributed by atoms with Gasteiger partial charge >= 0.3 is 0 Å². The van der Waals surface area contributed by atoms with Gasteiger partial charge in [-0.05, 0) is 52.7 Å². The summed E-state index contributed by atoms with van der Waals surface area (Å²) in [4.78, 5) is 2.19. The topological polar surface area (TPSA) is 33.7 Å². The van der Waals surface area contributed by atoms with Gasteiger partial charge in [0.25, 0.3) is 0 Å². The molecule has 2 rings (SSSR count). The maximum atomic E-state index is 6.25. The van der Waals surface area contributed by atoms with E-state index in [0.717, 1.165) is 48.7 Å². The van der Waals surface area contributed by atoms with E-state index in [9.17, 15) is 0 Å². The highest BCUT2D eigenvalue weighted by Gasteiger charge is 2.12. The number of halogens is 1. The fourth-order valence-electron chi connectivity index (χ4n) is 2.64. The molecule has 26 heavy (non-hydrogen) atoms. The minimum atomic E-state index is 0.414. The van der Waals surface area contributed by atoms with Crippen molar-refractivity contribution < 1.29 is 9.47 Å². The highest BCUT2D eigenvalue weighted by Crippen LogP contribution is 2.32. The molecule has 0 saturated carbocycles. The second-order valence-electron chi connectivity index (χ2n) is 6.39. The summed E-state index contributed by atoms with van der Waals surface area (Å²) in [6.07, 6.45) is 1.11. The zero-order chi connectivity index (χ0) is 18.8. The molecule has 0 fully saturated rings. The number of nitrogens with zero attached hydrogens (tertiary/aromatic N) is 1. The number of rotatable bonds is 11. The number of ether oxygens (including phenoxy) is 2. The van der Waals surface area contributed by atoms with E-state index < -0.39 is 0 Å². The lowest BCUT2D eigenvalue weighted by atomic mass is 10.1. The van der Waals surface area contributed by atoms with Gasteiger partial charge in [-0.15, -0.1) is 0 Å². The van der Waals surface area contributed by atoms with Crippen LogP contribution in [0.2, 0.25) is 5.02 Å². The summed E-state index contributed by atoms with van der Waals surface area (Å²) < 4.78 is 11.9. The zero-order valence-corrected chi connectivity index (χ0v) is 16.7. The molecule has 0 spiro atoms. The molecule has 2 aromatic carbocycles. The molecule has 0 saturated heterocycles. The third-order valence-electron chi connectivity index (χ3n) is 3.96. The minimum Gasteiger partial charge on any atom is -0.490 e. The average Bonchev–Trinajstić information content (AvgIpc) is 2.62. The first-order chi connectivity index (χ1) is 12.6. The summed E-state index contributed by atoms with van der Waals surface area (Å²) in [5, 5.41) is 4.20. The summed E-state index contributed by atoms with van der Waals surface area (Å²) in [6, 6.07) is 13.8. The van der Waals surface area contributed by atoms with Crippen molar-refractivity contribution in [3.8, 4) is 11.5 Å². The molecular weight excluding hydrogens is 348 g/mol. The molecule has 1 N–H and O–H groups in total. The van der Waals surface area contributed by atoms with E-state index in [0.29, 0.717) is 18.2 Å². The van der Waals surface area contributed by atoms with Crippen molar-refractivity contribution in [1.29, 1.82) is 0 Å². The Bertz CT molecular complexity index is 677. The van der Waals surface area contributed by atoms with Crippen LogP contribution in [0.4, 0.5) is 0 Å². The molecule has 0 aromatic heterocycles. The molecule has 0 unspecified atom stereocenters. The van der Waals surface area contributed by atoms with Crippen LogP contribution < -0.4 is 14.8 Å². The summed E-state index contributed by atoms with van der Waals surface area (Å²) in [6.45, 7) is 5.76. The zero-order valence-electron chi connectivity index (χ0n) is 15.9. The average molecular weight is 377 g/mol. The Morgan fingerprint density at radius 3 is 2.50 bits per heavy atom. The smallest absolute Gasteiger partial charge is 0.166 e. The second-order valence-corrected chi connectivity index (χ2v) is 6.80. The van der Waals surface area contributed by atoms with Crippen LogP contribution in [0.3, 0.4) is 0 Å². The van der Waals surface area contributed by atoms with Crippen LogP contribution in [-0.2, 0) is 13.2 Å². The van der Waals surface area contributed by atoms with E-state index in [4.69, 9.17) is 21.1 Å². The van der Waals surface area contributed by atoms with Gasteiger partial charge in [0, 0.05) is 22.7 Å². The monoisotopic (exact) mass is 376 g/mol. The van der Waals surface area contributed by atoms with Gasteiger partial charge < -0.3 is 19.7 Å². The number of benzene rings is 2. The predicted octanol–water partition coefficient (Wildman–Crippen LogP) is 4.36. The quantitative estimate of drug-likeness (QED) is 0.591. The Kier molecular flexibility index (Phi) is 8.75. The molecule has 0 amide bonds. The molecular formula is C21H29ClN2O2. The van der Waals surface area contributed by atoms with Crippen LogP contribution in [0.5, 0.6) is 11.5 Å². The number of nitrogens with one attached hydrogen (secondary N) is 1. The Hall–Kier alpha value is -1.75. The van der Waals surface area contributed by atoms with Crippen molar-refractivity contribution in [2.75, 3.05) is 33.8 Å². The van der Waals surface area contributed by atoms with E-state index in [2.05, 4.69) is 30.4 Å². The molecule has 142 valence electrons. The van der Waals surface area contributed by atoms with Gasteiger partial charge in [-0.3, -0.25) is 0 Å². The lowest BCUT2D eigenvalue weighted by molar-refractivity contribution is 0.266. The first-order valence-corrected chi connectivity index (χ1v) is 9.46. The van der Waals surface area contributed by atoms with Crippen LogP contribution in [0.1, 0.15) is 24.5 Å². The predicted molar refractivity (Wildman–Crippen MR) is 108 cm³/mol. The highest BCUT2D eigenvalue weighted by atomic mass is 35.5. The SMILES string of the molecule is CCOc1cccc(CNCCCN(C)C)c1OCc1ccccc1Cl. The van der Waals surface area contributed by atoms with E-state index in [1.165, 1.54) is 0 Å². The first-order valence-electron chi connectivity index (χ1n) is 9.08. The van der Waals surface area contributed by atoms with Crippen molar-refractivity contribution in [2.24, 2.45) is 0 Å². The molecule has 0 aliphatic heterocycles. The highest BCUT2D eigenvalue weighted by molar-refractivity contribution is 6.31. The normalized spacial score (nSPS) is 11.0. The lowest BCUT2D eigenvalue weighted by Crippen LogP contribution is -2.21. The maximum Gasteiger partial charge on any atom is 0.166 e. The lowest BCUT2D eigenvalue weighted by Gasteiger charge is -2.17. The van der Waals surface area contributed by atoms with E-state index in [-0.39, 0.29) is 0 Å². The Labute approximate surface area is 162 Å². The summed E-state index contributed by atoms with van der Waals surface area (Å²) >= 11 is 6.25. The van der Waals surface area contributed by atoms with Gasteiger partial charge in [0.1, 0.15) is 6.61 Å². The Morgan fingerprint density at radius 1 is 1.00 bits per heavy atom. The summed E-state index contributed by atoms with van der Waals surface area (Å²) in [5.74, 6) is 1.56. The third-order valence-corrected chi connectivity index (χ3v) is 4.33. The Balaban J connectivity index is 2.04. The first kappa shape index (κ1) is 20.6. The van der Waals surface area contributed by atoms with Gasteiger partial charge in [0.2, 0.25) is 0 Å². The molecule has 0 aliphatic rings. The standard InChI is InChI=1S/C21H29ClN2O2/c1-4-25-20-12-7-10-17(15-23-13-8-14-24(2)3)21(20)26-16-18-9-5-6-11-19(18)22/h5-7,9-12,23H,4,8,13-16H2,1-3H3. The number of hydrogen-bond donors (Lipinski definition) is 1.